The number of aliphatic hydroxyl groups excluding tert-OH is 1. The van der Waals surface area contributed by atoms with E-state index in [1.54, 1.807) is 0 Å². The maximum Gasteiger partial charge on any atom is 0.0810 e. The molecule has 0 saturated carbocycles. The molecule has 1 aromatic carbocycles. The number of anilines is 1. The van der Waals surface area contributed by atoms with Gasteiger partial charge in [-0.25, -0.2) is 0 Å². The maximum atomic E-state index is 10.1. The van der Waals surface area contributed by atoms with Crippen molar-refractivity contribution in [3.63, 3.8) is 0 Å². The summed E-state index contributed by atoms with van der Waals surface area (Å²) in [4.78, 5) is 2.36. The van der Waals surface area contributed by atoms with Gasteiger partial charge < -0.3 is 10.0 Å². The van der Waals surface area contributed by atoms with E-state index in [1.807, 2.05) is 18.2 Å². The summed E-state index contributed by atoms with van der Waals surface area (Å²) in [5.74, 6) is 0. The van der Waals surface area contributed by atoms with Gasteiger partial charge in [0.05, 0.1) is 6.10 Å². The van der Waals surface area contributed by atoms with Crippen molar-refractivity contribution in [1.82, 2.24) is 0 Å². The minimum Gasteiger partial charge on any atom is -0.388 e. The summed E-state index contributed by atoms with van der Waals surface area (Å²) in [5.41, 5.74) is 3.61. The van der Waals surface area contributed by atoms with Gasteiger partial charge in [-0.15, -0.1) is 0 Å². The second-order valence-electron chi connectivity index (χ2n) is 4.94. The van der Waals surface area contributed by atoms with Crippen LogP contribution in [0.2, 0.25) is 0 Å². The maximum absolute atomic E-state index is 10.1. The lowest BCUT2D eigenvalue weighted by Gasteiger charge is -2.24. The van der Waals surface area contributed by atoms with Crippen LogP contribution in [0.15, 0.2) is 35.9 Å². The van der Waals surface area contributed by atoms with Gasteiger partial charge in [-0.2, -0.15) is 0 Å². The number of benzene rings is 1. The first kappa shape index (κ1) is 12.2. The first-order valence-electron chi connectivity index (χ1n) is 6.34. The third-order valence-corrected chi connectivity index (χ3v) is 3.26. The Morgan fingerprint density at radius 3 is 2.94 bits per heavy atom. The molecular weight excluding hydrogens is 210 g/mol. The molecule has 0 fully saturated rings. The van der Waals surface area contributed by atoms with Crippen molar-refractivity contribution < 1.29 is 5.11 Å². The Labute approximate surface area is 104 Å². The minimum atomic E-state index is -0.303. The zero-order valence-corrected chi connectivity index (χ0v) is 10.7. The van der Waals surface area contributed by atoms with Crippen molar-refractivity contribution in [2.45, 2.75) is 32.8 Å². The van der Waals surface area contributed by atoms with E-state index >= 15 is 0 Å². The smallest absolute Gasteiger partial charge is 0.0810 e. The molecule has 2 nitrogen and oxygen atoms in total. The number of fused-ring (bicyclic) bond motifs is 1. The highest BCUT2D eigenvalue weighted by molar-refractivity contribution is 5.55. The van der Waals surface area contributed by atoms with Crippen molar-refractivity contribution in [2.24, 2.45) is 0 Å². The average molecular weight is 231 g/mol. The lowest BCUT2D eigenvalue weighted by atomic mass is 10.0. The van der Waals surface area contributed by atoms with Crippen LogP contribution in [0, 0.1) is 0 Å². The fraction of sp³-hybridized carbons (Fsp3) is 0.467. The van der Waals surface area contributed by atoms with Crippen LogP contribution >= 0.6 is 0 Å². The third kappa shape index (κ3) is 2.89. The molecule has 1 atom stereocenters. The predicted octanol–water partition coefficient (Wildman–Crippen LogP) is 3.29. The number of rotatable bonds is 2. The van der Waals surface area contributed by atoms with E-state index in [0.29, 0.717) is 0 Å². The number of hydrogen-bond acceptors (Lipinski definition) is 2. The van der Waals surface area contributed by atoms with E-state index in [0.717, 1.165) is 31.5 Å². The van der Waals surface area contributed by atoms with Crippen LogP contribution in [-0.4, -0.2) is 18.2 Å². The number of para-hydroxylation sites is 1. The van der Waals surface area contributed by atoms with Crippen molar-refractivity contribution in [3.05, 3.63) is 41.5 Å². The summed E-state index contributed by atoms with van der Waals surface area (Å²) in [5, 5.41) is 10.1. The molecule has 0 bridgehead atoms. The molecule has 0 aromatic heterocycles. The highest BCUT2D eigenvalue weighted by Gasteiger charge is 2.19. The molecule has 0 saturated heterocycles. The molecule has 2 heteroatoms. The van der Waals surface area contributed by atoms with Crippen LogP contribution in [-0.2, 0) is 0 Å². The number of allylic oxidation sites excluding steroid dienone is 1. The lowest BCUT2D eigenvalue weighted by molar-refractivity contribution is 0.168. The summed E-state index contributed by atoms with van der Waals surface area (Å²) < 4.78 is 0. The Bertz CT molecular complexity index is 407. The highest BCUT2D eigenvalue weighted by atomic mass is 16.3. The molecule has 1 N–H and O–H groups in total. The molecule has 1 heterocycles. The van der Waals surface area contributed by atoms with Crippen molar-refractivity contribution in [1.29, 1.82) is 0 Å². The largest absolute Gasteiger partial charge is 0.388 e. The summed E-state index contributed by atoms with van der Waals surface area (Å²) in [6.07, 6.45) is 3.85. The van der Waals surface area contributed by atoms with Gasteiger partial charge in [0.15, 0.2) is 0 Å². The molecule has 2 rings (SSSR count). The first-order valence-corrected chi connectivity index (χ1v) is 6.34. The van der Waals surface area contributed by atoms with Gasteiger partial charge in [0.1, 0.15) is 0 Å². The van der Waals surface area contributed by atoms with Crippen molar-refractivity contribution in [3.8, 4) is 0 Å². The van der Waals surface area contributed by atoms with E-state index in [9.17, 15) is 5.11 Å². The van der Waals surface area contributed by atoms with E-state index in [-0.39, 0.29) is 6.10 Å². The normalized spacial score (nSPS) is 19.5. The lowest BCUT2D eigenvalue weighted by Crippen LogP contribution is -2.24. The zero-order valence-electron chi connectivity index (χ0n) is 10.7. The Hall–Kier alpha value is -1.28. The van der Waals surface area contributed by atoms with Crippen LogP contribution < -0.4 is 4.90 Å². The fourth-order valence-electron chi connectivity index (χ4n) is 2.29. The van der Waals surface area contributed by atoms with Crippen molar-refractivity contribution in [2.75, 3.05) is 18.0 Å². The molecule has 17 heavy (non-hydrogen) atoms. The average Bonchev–Trinajstić information content (AvgIpc) is 2.47. The van der Waals surface area contributed by atoms with Gasteiger partial charge in [-0.05, 0) is 32.8 Å². The van der Waals surface area contributed by atoms with E-state index < -0.39 is 0 Å². The van der Waals surface area contributed by atoms with Crippen LogP contribution in [0.1, 0.15) is 38.4 Å². The minimum absolute atomic E-state index is 0.303. The van der Waals surface area contributed by atoms with E-state index in [2.05, 4.69) is 30.9 Å². The fourth-order valence-corrected chi connectivity index (χ4v) is 2.29. The molecule has 0 radical (unpaired) electrons. The van der Waals surface area contributed by atoms with Crippen LogP contribution in [0.5, 0.6) is 0 Å². The molecule has 0 amide bonds. The third-order valence-electron chi connectivity index (χ3n) is 3.26. The zero-order chi connectivity index (χ0) is 12.3. The van der Waals surface area contributed by atoms with Gasteiger partial charge >= 0.3 is 0 Å². The Kier molecular flexibility index (Phi) is 3.85. The molecule has 92 valence electrons. The predicted molar refractivity (Wildman–Crippen MR) is 72.3 cm³/mol. The SMILES string of the molecule is CC(C)=CCN1CCCC(O)c2ccccc21. The standard InChI is InChI=1S/C15H21NO/c1-12(2)9-11-16-10-5-8-15(17)13-6-3-4-7-14(13)16/h3-4,6-7,9,15,17H,5,8,10-11H2,1-2H3. The van der Waals surface area contributed by atoms with E-state index in [1.165, 1.54) is 11.3 Å². The Balaban J connectivity index is 2.28. The topological polar surface area (TPSA) is 23.5 Å². The van der Waals surface area contributed by atoms with Gasteiger partial charge in [0, 0.05) is 24.3 Å². The summed E-state index contributed by atoms with van der Waals surface area (Å²) in [7, 11) is 0. The molecular formula is C15H21NO. The molecule has 1 aliphatic heterocycles. The number of nitrogens with zero attached hydrogens (tertiary/aromatic N) is 1. The van der Waals surface area contributed by atoms with Crippen LogP contribution in [0.4, 0.5) is 5.69 Å². The highest BCUT2D eigenvalue weighted by Crippen LogP contribution is 2.32. The van der Waals surface area contributed by atoms with Crippen LogP contribution in [0.3, 0.4) is 0 Å². The summed E-state index contributed by atoms with van der Waals surface area (Å²) >= 11 is 0. The number of hydrogen-bond donors (Lipinski definition) is 1. The molecule has 0 spiro atoms. The molecule has 1 aromatic rings. The van der Waals surface area contributed by atoms with Gasteiger partial charge in [-0.3, -0.25) is 0 Å². The van der Waals surface area contributed by atoms with Gasteiger partial charge in [0.2, 0.25) is 0 Å². The Morgan fingerprint density at radius 2 is 2.18 bits per heavy atom. The first-order chi connectivity index (χ1) is 8.18. The van der Waals surface area contributed by atoms with Crippen molar-refractivity contribution >= 4 is 5.69 Å². The van der Waals surface area contributed by atoms with Gasteiger partial charge in [0.25, 0.3) is 0 Å². The van der Waals surface area contributed by atoms with Crippen LogP contribution in [0.25, 0.3) is 0 Å². The Morgan fingerprint density at radius 1 is 1.41 bits per heavy atom. The quantitative estimate of drug-likeness (QED) is 0.789. The monoisotopic (exact) mass is 231 g/mol. The molecule has 1 unspecified atom stereocenters. The second kappa shape index (κ2) is 5.37. The van der Waals surface area contributed by atoms with Gasteiger partial charge in [-0.1, -0.05) is 29.8 Å². The number of aliphatic hydroxyl groups is 1. The second-order valence-corrected chi connectivity index (χ2v) is 4.94. The van der Waals surface area contributed by atoms with E-state index in [4.69, 9.17) is 0 Å². The summed E-state index contributed by atoms with van der Waals surface area (Å²) in [6, 6.07) is 8.21. The molecule has 0 aliphatic carbocycles. The molecule has 1 aliphatic rings. The summed E-state index contributed by atoms with van der Waals surface area (Å²) in [6.45, 7) is 6.21.